The summed E-state index contributed by atoms with van der Waals surface area (Å²) in [6, 6.07) is 5.64. The Balaban J connectivity index is 1.34. The van der Waals surface area contributed by atoms with E-state index in [0.29, 0.717) is 25.0 Å². The molecule has 1 aliphatic heterocycles. The van der Waals surface area contributed by atoms with Gasteiger partial charge in [0.05, 0.1) is 13.2 Å². The van der Waals surface area contributed by atoms with E-state index in [1.54, 1.807) is 6.07 Å². The van der Waals surface area contributed by atoms with Gasteiger partial charge < -0.3 is 9.47 Å². The number of benzene rings is 1. The Morgan fingerprint density at radius 1 is 0.778 bits per heavy atom. The predicted octanol–water partition coefficient (Wildman–Crippen LogP) is 6.61. The lowest BCUT2D eigenvalue weighted by atomic mass is 9.68. The van der Waals surface area contributed by atoms with Crippen molar-refractivity contribution < 1.29 is 13.9 Å². The fourth-order valence-corrected chi connectivity index (χ4v) is 5.47. The number of rotatable bonds is 3. The minimum absolute atomic E-state index is 0.0757. The van der Waals surface area contributed by atoms with Gasteiger partial charge >= 0.3 is 0 Å². The molecule has 1 aromatic rings. The highest BCUT2D eigenvalue weighted by molar-refractivity contribution is 5.28. The zero-order valence-electron chi connectivity index (χ0n) is 17.0. The molecule has 3 fully saturated rings. The molecule has 4 rings (SSSR count). The van der Waals surface area contributed by atoms with Crippen LogP contribution in [0, 0.1) is 29.5 Å². The molecule has 1 aromatic carbocycles. The van der Waals surface area contributed by atoms with Gasteiger partial charge in [-0.1, -0.05) is 38.8 Å². The second-order valence-corrected chi connectivity index (χ2v) is 9.52. The van der Waals surface area contributed by atoms with Crippen LogP contribution in [0.15, 0.2) is 18.2 Å². The van der Waals surface area contributed by atoms with Crippen LogP contribution in [0.5, 0.6) is 0 Å². The fourth-order valence-electron chi connectivity index (χ4n) is 5.47. The monoisotopic (exact) mass is 374 g/mol. The van der Waals surface area contributed by atoms with Gasteiger partial charge in [0, 0.05) is 11.5 Å². The van der Waals surface area contributed by atoms with E-state index in [-0.39, 0.29) is 5.82 Å². The SMILES string of the molecule is CC1CCC(C2CCC(c3ccc(C4OCC(C)CO4)cc3F)CC2)CC1. The highest BCUT2D eigenvalue weighted by Gasteiger charge is 2.31. The summed E-state index contributed by atoms with van der Waals surface area (Å²) < 4.78 is 26.3. The highest BCUT2D eigenvalue weighted by atomic mass is 19.1. The highest BCUT2D eigenvalue weighted by Crippen LogP contribution is 2.44. The molecule has 0 amide bonds. The van der Waals surface area contributed by atoms with Crippen molar-refractivity contribution in [2.45, 2.75) is 77.4 Å². The number of ether oxygens (including phenoxy) is 2. The first-order chi connectivity index (χ1) is 13.1. The summed E-state index contributed by atoms with van der Waals surface area (Å²) in [7, 11) is 0. The third-order valence-corrected chi connectivity index (χ3v) is 7.30. The van der Waals surface area contributed by atoms with Gasteiger partial charge in [-0.15, -0.1) is 0 Å². The molecule has 0 spiro atoms. The summed E-state index contributed by atoms with van der Waals surface area (Å²) in [4.78, 5) is 0. The van der Waals surface area contributed by atoms with Gasteiger partial charge in [-0.05, 0) is 73.8 Å². The fraction of sp³-hybridized carbons (Fsp3) is 0.750. The Labute approximate surface area is 163 Å². The van der Waals surface area contributed by atoms with E-state index in [4.69, 9.17) is 9.47 Å². The first-order valence-corrected chi connectivity index (χ1v) is 11.1. The minimum Gasteiger partial charge on any atom is -0.348 e. The Bertz CT molecular complexity index is 607. The standard InChI is InChI=1S/C24H35FO2/c1-16-3-5-18(6-4-16)19-7-9-20(10-8-19)22-12-11-21(13-23(22)25)24-26-14-17(2)15-27-24/h11-13,16-20,24H,3-10,14-15H2,1-2H3. The molecule has 0 unspecified atom stereocenters. The molecule has 2 saturated carbocycles. The molecule has 0 radical (unpaired) electrons. The van der Waals surface area contributed by atoms with E-state index in [1.165, 1.54) is 38.5 Å². The van der Waals surface area contributed by atoms with E-state index >= 15 is 0 Å². The van der Waals surface area contributed by atoms with Gasteiger partial charge in [-0.25, -0.2) is 4.39 Å². The van der Waals surface area contributed by atoms with Crippen molar-refractivity contribution in [3.05, 3.63) is 35.1 Å². The molecule has 27 heavy (non-hydrogen) atoms. The van der Waals surface area contributed by atoms with Crippen molar-refractivity contribution in [3.8, 4) is 0 Å². The molecule has 0 bridgehead atoms. The summed E-state index contributed by atoms with van der Waals surface area (Å²) in [5.41, 5.74) is 1.71. The Hall–Kier alpha value is -0.930. The summed E-state index contributed by atoms with van der Waals surface area (Å²) in [5, 5.41) is 0. The van der Waals surface area contributed by atoms with Crippen LogP contribution in [-0.2, 0) is 9.47 Å². The van der Waals surface area contributed by atoms with Crippen LogP contribution in [-0.4, -0.2) is 13.2 Å². The number of hydrogen-bond acceptors (Lipinski definition) is 2. The molecule has 1 saturated heterocycles. The van der Waals surface area contributed by atoms with Crippen molar-refractivity contribution in [2.75, 3.05) is 13.2 Å². The maximum absolute atomic E-state index is 14.9. The van der Waals surface area contributed by atoms with Crippen LogP contribution >= 0.6 is 0 Å². The van der Waals surface area contributed by atoms with Crippen LogP contribution < -0.4 is 0 Å². The van der Waals surface area contributed by atoms with Crippen molar-refractivity contribution >= 4 is 0 Å². The van der Waals surface area contributed by atoms with Crippen LogP contribution in [0.3, 0.4) is 0 Å². The summed E-state index contributed by atoms with van der Waals surface area (Å²) >= 11 is 0. The summed E-state index contributed by atoms with van der Waals surface area (Å²) in [5.74, 6) is 3.44. The second-order valence-electron chi connectivity index (χ2n) is 9.52. The molecule has 150 valence electrons. The maximum atomic E-state index is 14.9. The zero-order valence-corrected chi connectivity index (χ0v) is 17.0. The molecule has 3 aliphatic rings. The average molecular weight is 375 g/mol. The predicted molar refractivity (Wildman–Crippen MR) is 106 cm³/mol. The van der Waals surface area contributed by atoms with Crippen molar-refractivity contribution in [1.29, 1.82) is 0 Å². The molecule has 2 nitrogen and oxygen atoms in total. The van der Waals surface area contributed by atoms with E-state index in [9.17, 15) is 4.39 Å². The molecule has 0 atom stereocenters. The summed E-state index contributed by atoms with van der Waals surface area (Å²) in [6.45, 7) is 5.85. The van der Waals surface area contributed by atoms with Gasteiger partial charge in [0.15, 0.2) is 6.29 Å². The number of halogens is 1. The normalized spacial score (nSPS) is 37.9. The van der Waals surface area contributed by atoms with E-state index in [2.05, 4.69) is 13.8 Å². The first kappa shape index (κ1) is 19.4. The van der Waals surface area contributed by atoms with Gasteiger partial charge in [-0.3, -0.25) is 0 Å². The Morgan fingerprint density at radius 2 is 1.37 bits per heavy atom. The molecule has 1 heterocycles. The van der Waals surface area contributed by atoms with Crippen LogP contribution in [0.2, 0.25) is 0 Å². The molecular formula is C24H35FO2. The Morgan fingerprint density at radius 3 is 1.96 bits per heavy atom. The zero-order chi connectivity index (χ0) is 18.8. The molecule has 3 heteroatoms. The van der Waals surface area contributed by atoms with Crippen molar-refractivity contribution in [2.24, 2.45) is 23.7 Å². The topological polar surface area (TPSA) is 18.5 Å². The van der Waals surface area contributed by atoms with Gasteiger partial charge in [0.1, 0.15) is 5.82 Å². The minimum atomic E-state index is -0.408. The maximum Gasteiger partial charge on any atom is 0.183 e. The molecule has 0 N–H and O–H groups in total. The van der Waals surface area contributed by atoms with Crippen LogP contribution in [0.1, 0.15) is 88.5 Å². The lowest BCUT2D eigenvalue weighted by molar-refractivity contribution is -0.202. The lowest BCUT2D eigenvalue weighted by Gasteiger charge is -2.37. The Kier molecular flexibility index (Phi) is 6.18. The number of hydrogen-bond donors (Lipinski definition) is 0. The summed E-state index contributed by atoms with van der Waals surface area (Å²) in [6.07, 6.45) is 10.1. The van der Waals surface area contributed by atoms with Gasteiger partial charge in [0.25, 0.3) is 0 Å². The largest absolute Gasteiger partial charge is 0.348 e. The van der Waals surface area contributed by atoms with E-state index < -0.39 is 6.29 Å². The third kappa shape index (κ3) is 4.56. The average Bonchev–Trinajstić information content (AvgIpc) is 2.69. The molecule has 2 aliphatic carbocycles. The quantitative estimate of drug-likeness (QED) is 0.593. The van der Waals surface area contributed by atoms with Crippen molar-refractivity contribution in [3.63, 3.8) is 0 Å². The van der Waals surface area contributed by atoms with Crippen molar-refractivity contribution in [1.82, 2.24) is 0 Å². The van der Waals surface area contributed by atoms with Crippen LogP contribution in [0.4, 0.5) is 4.39 Å². The molecular weight excluding hydrogens is 339 g/mol. The van der Waals surface area contributed by atoms with E-state index in [1.807, 2.05) is 12.1 Å². The second kappa shape index (κ2) is 8.61. The van der Waals surface area contributed by atoms with Crippen LogP contribution in [0.25, 0.3) is 0 Å². The lowest BCUT2D eigenvalue weighted by Crippen LogP contribution is -2.25. The third-order valence-electron chi connectivity index (χ3n) is 7.30. The van der Waals surface area contributed by atoms with Gasteiger partial charge in [-0.2, -0.15) is 0 Å². The van der Waals surface area contributed by atoms with E-state index in [0.717, 1.165) is 41.7 Å². The van der Waals surface area contributed by atoms with Gasteiger partial charge in [0.2, 0.25) is 0 Å². The first-order valence-electron chi connectivity index (χ1n) is 11.1. The smallest absolute Gasteiger partial charge is 0.183 e. The molecule has 0 aromatic heterocycles.